The Bertz CT molecular complexity index is 140. The van der Waals surface area contributed by atoms with E-state index in [4.69, 9.17) is 4.74 Å². The first-order chi connectivity index (χ1) is 6.11. The summed E-state index contributed by atoms with van der Waals surface area (Å²) in [6.45, 7) is 6.49. The van der Waals surface area contributed by atoms with E-state index in [0.29, 0.717) is 6.61 Å². The van der Waals surface area contributed by atoms with Crippen LogP contribution in [0.15, 0.2) is 0 Å². The molecule has 1 N–H and O–H groups in total. The van der Waals surface area contributed by atoms with Crippen molar-refractivity contribution < 1.29 is 9.53 Å². The molecule has 78 valence electrons. The molecule has 0 aliphatic carbocycles. The Labute approximate surface area is 80.8 Å². The van der Waals surface area contributed by atoms with E-state index >= 15 is 0 Å². The molecule has 0 radical (unpaired) electrons. The molecule has 1 atom stereocenters. The molecule has 0 aromatic heterocycles. The smallest absolute Gasteiger partial charge is 0.222 e. The fourth-order valence-electron chi connectivity index (χ4n) is 1.11. The third-order valence-electron chi connectivity index (χ3n) is 1.88. The zero-order valence-corrected chi connectivity index (χ0v) is 9.09. The number of hydrogen-bond donors (Lipinski definition) is 1. The second kappa shape index (κ2) is 6.89. The summed E-state index contributed by atoms with van der Waals surface area (Å²) >= 11 is 0. The van der Waals surface area contributed by atoms with Crippen molar-refractivity contribution in [1.82, 2.24) is 5.32 Å². The highest BCUT2D eigenvalue weighted by molar-refractivity contribution is 5.78. The van der Waals surface area contributed by atoms with Crippen LogP contribution in [0.1, 0.15) is 33.6 Å². The molecule has 0 spiro atoms. The van der Waals surface area contributed by atoms with Crippen LogP contribution < -0.4 is 5.32 Å². The van der Waals surface area contributed by atoms with Crippen molar-refractivity contribution in [3.63, 3.8) is 0 Å². The summed E-state index contributed by atoms with van der Waals surface area (Å²) in [4.78, 5) is 11.3. The highest BCUT2D eigenvalue weighted by Gasteiger charge is 2.13. The van der Waals surface area contributed by atoms with Crippen molar-refractivity contribution >= 4 is 5.91 Å². The van der Waals surface area contributed by atoms with Gasteiger partial charge in [0, 0.05) is 13.0 Å². The monoisotopic (exact) mass is 187 g/mol. The van der Waals surface area contributed by atoms with Gasteiger partial charge in [-0.15, -0.1) is 0 Å². The van der Waals surface area contributed by atoms with E-state index < -0.39 is 0 Å². The van der Waals surface area contributed by atoms with Crippen molar-refractivity contribution in [2.75, 3.05) is 13.7 Å². The van der Waals surface area contributed by atoms with E-state index in [-0.39, 0.29) is 17.9 Å². The van der Waals surface area contributed by atoms with Gasteiger partial charge in [0.25, 0.3) is 0 Å². The molecule has 0 rings (SSSR count). The second-order valence-electron chi connectivity index (χ2n) is 3.60. The SMILES string of the molecule is CCCC(COC)NC(=O)C(C)C. The number of carbonyl (C=O) groups excluding carboxylic acids is 1. The van der Waals surface area contributed by atoms with Crippen molar-refractivity contribution in [2.45, 2.75) is 39.7 Å². The molecule has 0 bridgehead atoms. The average Bonchev–Trinajstić information content (AvgIpc) is 2.05. The Morgan fingerprint density at radius 2 is 2.08 bits per heavy atom. The standard InChI is InChI=1S/C10H21NO2/c1-5-6-9(7-13-4)11-10(12)8(2)3/h8-9H,5-7H2,1-4H3,(H,11,12). The summed E-state index contributed by atoms with van der Waals surface area (Å²) in [5, 5.41) is 2.95. The minimum absolute atomic E-state index is 0.0520. The number of hydrogen-bond acceptors (Lipinski definition) is 2. The summed E-state index contributed by atoms with van der Waals surface area (Å²) in [5.74, 6) is 0.159. The molecule has 1 amide bonds. The minimum atomic E-state index is 0.0520. The van der Waals surface area contributed by atoms with Crippen LogP contribution in [0.25, 0.3) is 0 Å². The van der Waals surface area contributed by atoms with Gasteiger partial charge >= 0.3 is 0 Å². The van der Waals surface area contributed by atoms with E-state index in [1.54, 1.807) is 7.11 Å². The summed E-state index contributed by atoms with van der Waals surface area (Å²) in [6, 6.07) is 0.171. The molecule has 1 unspecified atom stereocenters. The summed E-state index contributed by atoms with van der Waals surface area (Å²) in [5.41, 5.74) is 0. The first kappa shape index (κ1) is 12.4. The topological polar surface area (TPSA) is 38.3 Å². The molecule has 13 heavy (non-hydrogen) atoms. The van der Waals surface area contributed by atoms with Gasteiger partial charge < -0.3 is 10.1 Å². The first-order valence-corrected chi connectivity index (χ1v) is 4.91. The van der Waals surface area contributed by atoms with Gasteiger partial charge in [0.2, 0.25) is 5.91 Å². The number of ether oxygens (including phenoxy) is 1. The number of carbonyl (C=O) groups is 1. The second-order valence-corrected chi connectivity index (χ2v) is 3.60. The van der Waals surface area contributed by atoms with Crippen molar-refractivity contribution in [1.29, 1.82) is 0 Å². The predicted octanol–water partition coefficient (Wildman–Crippen LogP) is 1.57. The zero-order valence-electron chi connectivity index (χ0n) is 9.09. The van der Waals surface area contributed by atoms with Gasteiger partial charge in [-0.1, -0.05) is 27.2 Å². The van der Waals surface area contributed by atoms with Crippen molar-refractivity contribution in [3.8, 4) is 0 Å². The molecule has 3 heteroatoms. The van der Waals surface area contributed by atoms with E-state index in [0.717, 1.165) is 12.8 Å². The molecule has 0 saturated heterocycles. The molecule has 3 nitrogen and oxygen atoms in total. The number of rotatable bonds is 6. The van der Waals surface area contributed by atoms with E-state index in [1.807, 2.05) is 13.8 Å². The van der Waals surface area contributed by atoms with Crippen LogP contribution in [-0.4, -0.2) is 25.7 Å². The lowest BCUT2D eigenvalue weighted by Gasteiger charge is -2.18. The number of methoxy groups -OCH3 is 1. The quantitative estimate of drug-likeness (QED) is 0.685. The summed E-state index contributed by atoms with van der Waals surface area (Å²) in [7, 11) is 1.66. The first-order valence-electron chi connectivity index (χ1n) is 4.91. The van der Waals surface area contributed by atoms with E-state index in [1.165, 1.54) is 0 Å². The molecule has 0 aliphatic heterocycles. The molecular formula is C10H21NO2. The van der Waals surface area contributed by atoms with Crippen molar-refractivity contribution in [3.05, 3.63) is 0 Å². The van der Waals surface area contributed by atoms with Crippen LogP contribution in [0.3, 0.4) is 0 Å². The van der Waals surface area contributed by atoms with E-state index in [9.17, 15) is 4.79 Å². The molecule has 0 heterocycles. The highest BCUT2D eigenvalue weighted by atomic mass is 16.5. The number of nitrogens with one attached hydrogen (secondary N) is 1. The van der Waals surface area contributed by atoms with Crippen molar-refractivity contribution in [2.24, 2.45) is 5.92 Å². The van der Waals surface area contributed by atoms with Gasteiger partial charge in [0.1, 0.15) is 0 Å². The van der Waals surface area contributed by atoms with Crippen LogP contribution in [0.2, 0.25) is 0 Å². The fraction of sp³-hybridized carbons (Fsp3) is 0.900. The molecule has 0 aromatic carbocycles. The van der Waals surface area contributed by atoms with Gasteiger partial charge in [-0.25, -0.2) is 0 Å². The fourth-order valence-corrected chi connectivity index (χ4v) is 1.11. The zero-order chi connectivity index (χ0) is 10.3. The predicted molar refractivity (Wildman–Crippen MR) is 53.6 cm³/mol. The van der Waals surface area contributed by atoms with Gasteiger partial charge in [-0.2, -0.15) is 0 Å². The van der Waals surface area contributed by atoms with Crippen LogP contribution in [0, 0.1) is 5.92 Å². The van der Waals surface area contributed by atoms with Gasteiger partial charge in [-0.3, -0.25) is 4.79 Å². The Hall–Kier alpha value is -0.570. The van der Waals surface area contributed by atoms with Gasteiger partial charge in [0.05, 0.1) is 12.6 Å². The average molecular weight is 187 g/mol. The molecule has 0 saturated carbocycles. The molecule has 0 fully saturated rings. The Morgan fingerprint density at radius 1 is 1.46 bits per heavy atom. The third-order valence-corrected chi connectivity index (χ3v) is 1.88. The Morgan fingerprint density at radius 3 is 2.46 bits per heavy atom. The summed E-state index contributed by atoms with van der Waals surface area (Å²) < 4.78 is 5.02. The largest absolute Gasteiger partial charge is 0.383 e. The summed E-state index contributed by atoms with van der Waals surface area (Å²) in [6.07, 6.45) is 2.04. The third kappa shape index (κ3) is 5.64. The van der Waals surface area contributed by atoms with E-state index in [2.05, 4.69) is 12.2 Å². The van der Waals surface area contributed by atoms with Crippen LogP contribution in [0.5, 0.6) is 0 Å². The maximum absolute atomic E-state index is 11.3. The maximum atomic E-state index is 11.3. The lowest BCUT2D eigenvalue weighted by atomic mass is 10.1. The van der Waals surface area contributed by atoms with Crippen LogP contribution in [-0.2, 0) is 9.53 Å². The maximum Gasteiger partial charge on any atom is 0.222 e. The normalized spacial score (nSPS) is 13.0. The Kier molecular flexibility index (Phi) is 6.59. The van der Waals surface area contributed by atoms with Gasteiger partial charge in [0.15, 0.2) is 0 Å². The molecule has 0 aromatic rings. The van der Waals surface area contributed by atoms with Gasteiger partial charge in [-0.05, 0) is 6.42 Å². The molecule has 0 aliphatic rings. The van der Waals surface area contributed by atoms with Crippen LogP contribution in [0.4, 0.5) is 0 Å². The lowest BCUT2D eigenvalue weighted by molar-refractivity contribution is -0.125. The Balaban J connectivity index is 3.86. The molecular weight excluding hydrogens is 166 g/mol. The van der Waals surface area contributed by atoms with Crippen LogP contribution >= 0.6 is 0 Å². The minimum Gasteiger partial charge on any atom is -0.383 e. The highest BCUT2D eigenvalue weighted by Crippen LogP contribution is 1.99. The lowest BCUT2D eigenvalue weighted by Crippen LogP contribution is -2.40. The number of amides is 1.